The third kappa shape index (κ3) is 2.87. The summed E-state index contributed by atoms with van der Waals surface area (Å²) in [7, 11) is 1.78. The Balaban J connectivity index is 1.50. The molecular formula is C19H19N3O. The summed E-state index contributed by atoms with van der Waals surface area (Å²) in [6, 6.07) is 8.19. The maximum Gasteiger partial charge on any atom is 0.270 e. The van der Waals surface area contributed by atoms with Crippen molar-refractivity contribution in [3.05, 3.63) is 52.8 Å². The van der Waals surface area contributed by atoms with Crippen LogP contribution in [0.4, 0.5) is 0 Å². The first-order valence-electron chi connectivity index (χ1n) is 8.14. The molecule has 0 aliphatic heterocycles. The highest BCUT2D eigenvalue weighted by atomic mass is 16.2. The minimum atomic E-state index is -0.0690. The Bertz CT molecular complexity index is 821. The molecule has 116 valence electrons. The molecule has 4 nitrogen and oxygen atoms in total. The fourth-order valence-corrected chi connectivity index (χ4v) is 3.09. The second-order valence-electron chi connectivity index (χ2n) is 6.36. The summed E-state index contributed by atoms with van der Waals surface area (Å²) < 4.78 is 1.60. The third-order valence-corrected chi connectivity index (χ3v) is 4.58. The van der Waals surface area contributed by atoms with Gasteiger partial charge in [0.05, 0.1) is 6.04 Å². The van der Waals surface area contributed by atoms with Crippen molar-refractivity contribution in [3.63, 3.8) is 0 Å². The van der Waals surface area contributed by atoms with Gasteiger partial charge in [-0.05, 0) is 55.0 Å². The molecule has 4 heteroatoms. The highest BCUT2D eigenvalue weighted by Gasteiger charge is 2.25. The number of nitrogens with one attached hydrogen (secondary N) is 1. The van der Waals surface area contributed by atoms with E-state index in [0.29, 0.717) is 11.6 Å². The van der Waals surface area contributed by atoms with E-state index < -0.39 is 0 Å². The van der Waals surface area contributed by atoms with Gasteiger partial charge in [-0.2, -0.15) is 5.10 Å². The zero-order valence-electron chi connectivity index (χ0n) is 13.2. The van der Waals surface area contributed by atoms with E-state index in [2.05, 4.69) is 40.5 Å². The lowest BCUT2D eigenvalue weighted by Crippen LogP contribution is -2.28. The molecule has 0 spiro atoms. The van der Waals surface area contributed by atoms with E-state index in [-0.39, 0.29) is 11.9 Å². The SMILES string of the molecule is Cn1nccc1C(=O)N[C@@H]1CCc2cc(C#CC3CC3)ccc21. The first-order valence-corrected chi connectivity index (χ1v) is 8.14. The molecule has 2 aromatic rings. The van der Waals surface area contributed by atoms with Crippen LogP contribution in [0.5, 0.6) is 0 Å². The normalized spacial score (nSPS) is 18.9. The van der Waals surface area contributed by atoms with Gasteiger partial charge < -0.3 is 5.32 Å². The minimum Gasteiger partial charge on any atom is -0.344 e. The maximum atomic E-state index is 12.3. The van der Waals surface area contributed by atoms with Gasteiger partial charge in [-0.1, -0.05) is 17.9 Å². The topological polar surface area (TPSA) is 46.9 Å². The van der Waals surface area contributed by atoms with Crippen molar-refractivity contribution >= 4 is 5.91 Å². The van der Waals surface area contributed by atoms with Crippen molar-refractivity contribution in [2.75, 3.05) is 0 Å². The van der Waals surface area contributed by atoms with E-state index in [4.69, 9.17) is 0 Å². The molecule has 1 saturated carbocycles. The van der Waals surface area contributed by atoms with Crippen LogP contribution < -0.4 is 5.32 Å². The molecular weight excluding hydrogens is 286 g/mol. The van der Waals surface area contributed by atoms with Gasteiger partial charge in [0.2, 0.25) is 0 Å². The van der Waals surface area contributed by atoms with Crippen molar-refractivity contribution in [2.45, 2.75) is 31.7 Å². The van der Waals surface area contributed by atoms with Crippen LogP contribution in [0.15, 0.2) is 30.5 Å². The van der Waals surface area contributed by atoms with Crippen LogP contribution in [0.2, 0.25) is 0 Å². The standard InChI is InChI=1S/C19H19N3O/c1-22-18(10-11-20-22)19(23)21-17-9-7-15-12-14(6-8-16(15)17)5-4-13-2-3-13/h6,8,10-13,17H,2-3,7,9H2,1H3,(H,21,23)/t17-/m1/s1. The number of rotatable bonds is 2. The van der Waals surface area contributed by atoms with Gasteiger partial charge in [0.1, 0.15) is 5.69 Å². The second kappa shape index (κ2) is 5.58. The Morgan fingerprint density at radius 3 is 2.91 bits per heavy atom. The quantitative estimate of drug-likeness (QED) is 0.867. The smallest absolute Gasteiger partial charge is 0.270 e. The Labute approximate surface area is 135 Å². The molecule has 2 aliphatic rings. The van der Waals surface area contributed by atoms with Crippen molar-refractivity contribution < 1.29 is 4.79 Å². The van der Waals surface area contributed by atoms with Crippen LogP contribution in [-0.2, 0) is 13.5 Å². The monoisotopic (exact) mass is 305 g/mol. The number of aromatic nitrogens is 2. The highest BCUT2D eigenvalue weighted by Crippen LogP contribution is 2.32. The summed E-state index contributed by atoms with van der Waals surface area (Å²) in [4.78, 5) is 12.3. The molecule has 1 fully saturated rings. The Kier molecular flexibility index (Phi) is 3.42. The summed E-state index contributed by atoms with van der Waals surface area (Å²) in [5.41, 5.74) is 4.21. The molecule has 1 amide bonds. The second-order valence-corrected chi connectivity index (χ2v) is 6.36. The molecule has 23 heavy (non-hydrogen) atoms. The number of fused-ring (bicyclic) bond motifs is 1. The molecule has 1 heterocycles. The first kappa shape index (κ1) is 14.1. The molecule has 1 aromatic heterocycles. The average molecular weight is 305 g/mol. The molecule has 4 rings (SSSR count). The predicted molar refractivity (Wildman–Crippen MR) is 87.8 cm³/mol. The molecule has 1 N–H and O–H groups in total. The van der Waals surface area contributed by atoms with E-state index in [9.17, 15) is 4.79 Å². The van der Waals surface area contributed by atoms with Gasteiger partial charge in [0.15, 0.2) is 0 Å². The Morgan fingerprint density at radius 1 is 1.30 bits per heavy atom. The van der Waals surface area contributed by atoms with E-state index in [1.165, 1.54) is 24.0 Å². The van der Waals surface area contributed by atoms with E-state index >= 15 is 0 Å². The zero-order chi connectivity index (χ0) is 15.8. The Morgan fingerprint density at radius 2 is 2.17 bits per heavy atom. The average Bonchev–Trinajstić information content (AvgIpc) is 3.16. The lowest BCUT2D eigenvalue weighted by Gasteiger charge is -2.14. The number of carbonyl (C=O) groups is 1. The Hall–Kier alpha value is -2.54. The fourth-order valence-electron chi connectivity index (χ4n) is 3.09. The molecule has 0 radical (unpaired) electrons. The molecule has 0 saturated heterocycles. The molecule has 1 atom stereocenters. The molecule has 0 bridgehead atoms. The third-order valence-electron chi connectivity index (χ3n) is 4.58. The number of nitrogens with zero attached hydrogens (tertiary/aromatic N) is 2. The van der Waals surface area contributed by atoms with Crippen LogP contribution in [-0.4, -0.2) is 15.7 Å². The highest BCUT2D eigenvalue weighted by molar-refractivity contribution is 5.92. The van der Waals surface area contributed by atoms with Gasteiger partial charge in [0, 0.05) is 24.7 Å². The lowest BCUT2D eigenvalue weighted by molar-refractivity contribution is 0.0927. The van der Waals surface area contributed by atoms with Crippen molar-refractivity contribution in [2.24, 2.45) is 13.0 Å². The summed E-state index contributed by atoms with van der Waals surface area (Å²) in [5, 5.41) is 7.17. The van der Waals surface area contributed by atoms with Gasteiger partial charge in [-0.25, -0.2) is 0 Å². The van der Waals surface area contributed by atoms with Gasteiger partial charge in [-0.3, -0.25) is 9.48 Å². The van der Waals surface area contributed by atoms with E-state index in [0.717, 1.165) is 18.4 Å². The maximum absolute atomic E-state index is 12.3. The number of hydrogen-bond donors (Lipinski definition) is 1. The largest absolute Gasteiger partial charge is 0.344 e. The van der Waals surface area contributed by atoms with Gasteiger partial charge >= 0.3 is 0 Å². The number of carbonyl (C=O) groups excluding carboxylic acids is 1. The van der Waals surface area contributed by atoms with Crippen LogP contribution in [0.1, 0.15) is 52.5 Å². The van der Waals surface area contributed by atoms with Crippen molar-refractivity contribution in [1.29, 1.82) is 0 Å². The fraction of sp³-hybridized carbons (Fsp3) is 0.368. The van der Waals surface area contributed by atoms with Crippen LogP contribution in [0, 0.1) is 17.8 Å². The van der Waals surface area contributed by atoms with Crippen LogP contribution in [0.3, 0.4) is 0 Å². The predicted octanol–water partition coefficient (Wildman–Crippen LogP) is 2.60. The van der Waals surface area contributed by atoms with Crippen molar-refractivity contribution in [3.8, 4) is 11.8 Å². The minimum absolute atomic E-state index is 0.0690. The first-order chi connectivity index (χ1) is 11.2. The van der Waals surface area contributed by atoms with Crippen LogP contribution >= 0.6 is 0 Å². The number of benzene rings is 1. The van der Waals surface area contributed by atoms with E-state index in [1.54, 1.807) is 24.0 Å². The summed E-state index contributed by atoms with van der Waals surface area (Å²) in [5.74, 6) is 7.13. The van der Waals surface area contributed by atoms with Crippen molar-refractivity contribution in [1.82, 2.24) is 15.1 Å². The van der Waals surface area contributed by atoms with Crippen LogP contribution in [0.25, 0.3) is 0 Å². The zero-order valence-corrected chi connectivity index (χ0v) is 13.2. The number of amides is 1. The number of hydrogen-bond acceptors (Lipinski definition) is 2. The molecule has 1 aromatic carbocycles. The van der Waals surface area contributed by atoms with Gasteiger partial charge in [-0.15, -0.1) is 0 Å². The summed E-state index contributed by atoms with van der Waals surface area (Å²) in [6.45, 7) is 0. The lowest BCUT2D eigenvalue weighted by atomic mass is 10.0. The van der Waals surface area contributed by atoms with Gasteiger partial charge in [0.25, 0.3) is 5.91 Å². The molecule has 2 aliphatic carbocycles. The molecule has 0 unspecified atom stereocenters. The summed E-state index contributed by atoms with van der Waals surface area (Å²) >= 11 is 0. The summed E-state index contributed by atoms with van der Waals surface area (Å²) in [6.07, 6.45) is 6.07. The van der Waals surface area contributed by atoms with E-state index in [1.807, 2.05) is 0 Å². The number of aryl methyl sites for hydroxylation is 2.